The number of nitrogens with one attached hydrogen (secondary N) is 1. The second-order valence-corrected chi connectivity index (χ2v) is 5.87. The first-order chi connectivity index (χ1) is 8.49. The van der Waals surface area contributed by atoms with Gasteiger partial charge >= 0.3 is 0 Å². The molecule has 18 heavy (non-hydrogen) atoms. The Morgan fingerprint density at radius 1 is 1.50 bits per heavy atom. The molecule has 0 saturated carbocycles. The van der Waals surface area contributed by atoms with Crippen LogP contribution in [0.5, 0.6) is 0 Å². The van der Waals surface area contributed by atoms with Crippen molar-refractivity contribution in [3.05, 3.63) is 16.6 Å². The van der Waals surface area contributed by atoms with Crippen molar-refractivity contribution in [3.63, 3.8) is 0 Å². The molecule has 6 heteroatoms. The van der Waals surface area contributed by atoms with Crippen molar-refractivity contribution >= 4 is 23.2 Å². The smallest absolute Gasteiger partial charge is 0.247 e. The number of carbonyl (C=O) groups is 2. The van der Waals surface area contributed by atoms with Gasteiger partial charge in [-0.25, -0.2) is 4.98 Å². The van der Waals surface area contributed by atoms with Gasteiger partial charge < -0.3 is 10.2 Å². The van der Waals surface area contributed by atoms with Crippen LogP contribution in [0.4, 0.5) is 0 Å². The summed E-state index contributed by atoms with van der Waals surface area (Å²) < 4.78 is 0. The predicted molar refractivity (Wildman–Crippen MR) is 69.2 cm³/mol. The van der Waals surface area contributed by atoms with Crippen molar-refractivity contribution in [3.8, 4) is 0 Å². The lowest BCUT2D eigenvalue weighted by Gasteiger charge is -2.28. The van der Waals surface area contributed by atoms with Crippen LogP contribution < -0.4 is 5.32 Å². The highest BCUT2D eigenvalue weighted by Crippen LogP contribution is 2.14. The highest BCUT2D eigenvalue weighted by molar-refractivity contribution is 7.09. The van der Waals surface area contributed by atoms with Crippen molar-refractivity contribution in [2.24, 2.45) is 0 Å². The Morgan fingerprint density at radius 2 is 2.28 bits per heavy atom. The molecule has 5 nitrogen and oxygen atoms in total. The van der Waals surface area contributed by atoms with Crippen LogP contribution in [-0.2, 0) is 16.0 Å². The molecule has 2 amide bonds. The van der Waals surface area contributed by atoms with E-state index in [1.807, 2.05) is 5.38 Å². The second kappa shape index (κ2) is 5.06. The summed E-state index contributed by atoms with van der Waals surface area (Å²) in [6.45, 7) is 4.59. The molecule has 0 atom stereocenters. The molecule has 0 radical (unpaired) electrons. The van der Waals surface area contributed by atoms with E-state index in [-0.39, 0.29) is 11.8 Å². The minimum atomic E-state index is -0.809. The third-order valence-corrected chi connectivity index (χ3v) is 3.80. The number of nitrogens with zero attached hydrogens (tertiary/aromatic N) is 2. The molecule has 0 spiro atoms. The first-order valence-electron chi connectivity index (χ1n) is 5.98. The average Bonchev–Trinajstić information content (AvgIpc) is 2.77. The van der Waals surface area contributed by atoms with Gasteiger partial charge in [0.2, 0.25) is 11.8 Å². The van der Waals surface area contributed by atoms with Gasteiger partial charge in [0.25, 0.3) is 0 Å². The van der Waals surface area contributed by atoms with Gasteiger partial charge in [0.15, 0.2) is 0 Å². The van der Waals surface area contributed by atoms with Crippen molar-refractivity contribution < 1.29 is 9.59 Å². The van der Waals surface area contributed by atoms with E-state index in [2.05, 4.69) is 10.3 Å². The van der Waals surface area contributed by atoms with Gasteiger partial charge in [-0.3, -0.25) is 9.59 Å². The highest BCUT2D eigenvalue weighted by atomic mass is 32.1. The van der Waals surface area contributed by atoms with Crippen molar-refractivity contribution in [1.29, 1.82) is 0 Å². The van der Waals surface area contributed by atoms with E-state index in [1.54, 1.807) is 36.3 Å². The number of amides is 2. The van der Waals surface area contributed by atoms with Gasteiger partial charge in [-0.1, -0.05) is 0 Å². The molecule has 0 aliphatic carbocycles. The van der Waals surface area contributed by atoms with E-state index in [4.69, 9.17) is 0 Å². The Kier molecular flexibility index (Phi) is 3.65. The number of aromatic nitrogens is 1. The molecule has 0 aromatic carbocycles. The van der Waals surface area contributed by atoms with Crippen LogP contribution in [0.2, 0.25) is 0 Å². The first kappa shape index (κ1) is 13.0. The van der Waals surface area contributed by atoms with E-state index in [0.717, 1.165) is 11.4 Å². The molecule has 1 aliphatic heterocycles. The Hall–Kier alpha value is -1.43. The summed E-state index contributed by atoms with van der Waals surface area (Å²) in [6, 6.07) is 0. The van der Waals surface area contributed by atoms with E-state index in [9.17, 15) is 9.59 Å². The molecule has 1 saturated heterocycles. The maximum absolute atomic E-state index is 12.3. The van der Waals surface area contributed by atoms with Crippen molar-refractivity contribution in [2.75, 3.05) is 13.1 Å². The molecule has 1 aromatic rings. The molecule has 1 aliphatic rings. The third-order valence-electron chi connectivity index (χ3n) is 2.96. The second-order valence-electron chi connectivity index (χ2n) is 4.89. The summed E-state index contributed by atoms with van der Waals surface area (Å²) >= 11 is 1.59. The van der Waals surface area contributed by atoms with Gasteiger partial charge in [-0.15, -0.1) is 11.3 Å². The number of hydrogen-bond acceptors (Lipinski definition) is 4. The van der Waals surface area contributed by atoms with E-state index in [0.29, 0.717) is 19.5 Å². The monoisotopic (exact) mass is 267 g/mol. The third kappa shape index (κ3) is 2.87. The molecule has 1 N–H and O–H groups in total. The fourth-order valence-corrected chi connectivity index (χ4v) is 2.63. The molecular formula is C12H17N3O2S. The van der Waals surface area contributed by atoms with Gasteiger partial charge in [-0.2, -0.15) is 0 Å². The van der Waals surface area contributed by atoms with Crippen LogP contribution in [0.3, 0.4) is 0 Å². The lowest BCUT2D eigenvalue weighted by molar-refractivity contribution is -0.137. The molecule has 98 valence electrons. The van der Waals surface area contributed by atoms with Crippen LogP contribution >= 0.6 is 11.3 Å². The molecule has 0 unspecified atom stereocenters. The lowest BCUT2D eigenvalue weighted by Crippen LogP contribution is -2.53. The minimum Gasteiger partial charge on any atom is -0.342 e. The summed E-state index contributed by atoms with van der Waals surface area (Å²) in [6.07, 6.45) is 2.87. The number of rotatable bonds is 3. The largest absolute Gasteiger partial charge is 0.342 e. The van der Waals surface area contributed by atoms with Gasteiger partial charge in [0, 0.05) is 37.5 Å². The van der Waals surface area contributed by atoms with Crippen LogP contribution in [0.25, 0.3) is 0 Å². The Labute approximate surface area is 110 Å². The maximum atomic E-state index is 12.3. The Morgan fingerprint density at radius 3 is 2.94 bits per heavy atom. The molecule has 1 fully saturated rings. The number of thiazole rings is 1. The van der Waals surface area contributed by atoms with Gasteiger partial charge in [0.1, 0.15) is 5.54 Å². The summed E-state index contributed by atoms with van der Waals surface area (Å²) in [5.74, 6) is -0.0880. The van der Waals surface area contributed by atoms with Gasteiger partial charge in [0.05, 0.1) is 5.01 Å². The van der Waals surface area contributed by atoms with E-state index < -0.39 is 5.54 Å². The van der Waals surface area contributed by atoms with Crippen LogP contribution in [0.15, 0.2) is 11.6 Å². The summed E-state index contributed by atoms with van der Waals surface area (Å²) in [5.41, 5.74) is -0.809. The lowest BCUT2D eigenvalue weighted by atomic mass is 10.0. The minimum absolute atomic E-state index is 0.0232. The van der Waals surface area contributed by atoms with Crippen LogP contribution in [0, 0.1) is 0 Å². The van der Waals surface area contributed by atoms with E-state index in [1.165, 1.54) is 0 Å². The summed E-state index contributed by atoms with van der Waals surface area (Å²) in [4.78, 5) is 29.7. The maximum Gasteiger partial charge on any atom is 0.247 e. The molecule has 1 aromatic heterocycles. The average molecular weight is 267 g/mol. The first-order valence-corrected chi connectivity index (χ1v) is 6.86. The fraction of sp³-hybridized carbons (Fsp3) is 0.583. The zero-order chi connectivity index (χ0) is 13.2. The van der Waals surface area contributed by atoms with Crippen molar-refractivity contribution in [2.45, 2.75) is 32.2 Å². The predicted octanol–water partition coefficient (Wildman–Crippen LogP) is 0.813. The Balaban J connectivity index is 2.02. The number of carbonyl (C=O) groups excluding carboxylic acids is 2. The van der Waals surface area contributed by atoms with Crippen LogP contribution in [0.1, 0.15) is 25.3 Å². The zero-order valence-electron chi connectivity index (χ0n) is 10.6. The van der Waals surface area contributed by atoms with E-state index >= 15 is 0 Å². The summed E-state index contributed by atoms with van der Waals surface area (Å²) in [5, 5.41) is 5.69. The normalized spacial score (nSPS) is 19.6. The molecule has 2 heterocycles. The van der Waals surface area contributed by atoms with Gasteiger partial charge in [-0.05, 0) is 13.8 Å². The number of hydrogen-bond donors (Lipinski definition) is 1. The zero-order valence-corrected chi connectivity index (χ0v) is 11.4. The SMILES string of the molecule is CC1(C)NC(=O)CCN(CCc2nccs2)C1=O. The topological polar surface area (TPSA) is 62.3 Å². The summed E-state index contributed by atoms with van der Waals surface area (Å²) in [7, 11) is 0. The standard InChI is InChI=1S/C12H17N3O2S/c1-12(2)11(17)15(6-3-9(16)14-12)7-4-10-13-5-8-18-10/h5,8H,3-4,6-7H2,1-2H3,(H,14,16). The van der Waals surface area contributed by atoms with Crippen molar-refractivity contribution in [1.82, 2.24) is 15.2 Å². The quantitative estimate of drug-likeness (QED) is 0.881. The highest BCUT2D eigenvalue weighted by Gasteiger charge is 2.36. The molecule has 2 rings (SSSR count). The molecular weight excluding hydrogens is 250 g/mol. The molecule has 0 bridgehead atoms. The van der Waals surface area contributed by atoms with Crippen LogP contribution in [-0.4, -0.2) is 40.3 Å². The Bertz CT molecular complexity index is 442. The fourth-order valence-electron chi connectivity index (χ4n) is 2.02.